The Morgan fingerprint density at radius 1 is 1.18 bits per heavy atom. The molecule has 0 radical (unpaired) electrons. The molecule has 150 valence electrons. The highest BCUT2D eigenvalue weighted by Gasteiger charge is 2.26. The van der Waals surface area contributed by atoms with Crippen LogP contribution in [0.4, 0.5) is 4.79 Å². The van der Waals surface area contributed by atoms with E-state index in [1.54, 1.807) is 20.8 Å². The second-order valence-corrected chi connectivity index (χ2v) is 6.92. The number of rotatable bonds is 6. The number of esters is 1. The largest absolute Gasteiger partial charge is 0.449 e. The Morgan fingerprint density at radius 2 is 1.82 bits per heavy atom. The Hall–Kier alpha value is -2.87. The van der Waals surface area contributed by atoms with Crippen molar-refractivity contribution in [2.75, 3.05) is 0 Å². The van der Waals surface area contributed by atoms with Gasteiger partial charge >= 0.3 is 12.0 Å². The number of hydrogen-bond donors (Lipinski definition) is 2. The summed E-state index contributed by atoms with van der Waals surface area (Å²) in [5.41, 5.74) is 1.44. The number of urea groups is 1. The smallest absolute Gasteiger partial charge is 0.343 e. The van der Waals surface area contributed by atoms with Crippen molar-refractivity contribution in [3.05, 3.63) is 52.3 Å². The molecule has 0 aliphatic heterocycles. The minimum absolute atomic E-state index is 0.0869. The van der Waals surface area contributed by atoms with E-state index in [0.717, 1.165) is 5.56 Å². The number of nitrogens with zero attached hydrogens (tertiary/aromatic N) is 2. The molecule has 3 amide bonds. The number of aromatic nitrogens is 2. The van der Waals surface area contributed by atoms with Gasteiger partial charge in [-0.05, 0) is 33.3 Å². The summed E-state index contributed by atoms with van der Waals surface area (Å²) in [6.45, 7) is 6.90. The summed E-state index contributed by atoms with van der Waals surface area (Å²) in [5, 5.41) is 9.03. The topological polar surface area (TPSA) is 102 Å². The number of hydrogen-bond acceptors (Lipinski definition) is 5. The lowest BCUT2D eigenvalue weighted by Gasteiger charge is -2.14. The van der Waals surface area contributed by atoms with Crippen molar-refractivity contribution in [3.63, 3.8) is 0 Å². The summed E-state index contributed by atoms with van der Waals surface area (Å²) in [5.74, 6) is -1.52. The Kier molecular flexibility index (Phi) is 7.17. The van der Waals surface area contributed by atoms with Crippen molar-refractivity contribution in [2.24, 2.45) is 0 Å². The van der Waals surface area contributed by atoms with E-state index in [9.17, 15) is 14.4 Å². The number of carbonyl (C=O) groups is 3. The Bertz CT molecular complexity index is 864. The molecule has 9 heteroatoms. The van der Waals surface area contributed by atoms with Crippen molar-refractivity contribution in [1.82, 2.24) is 20.4 Å². The van der Waals surface area contributed by atoms with Gasteiger partial charge in [0.25, 0.3) is 5.91 Å². The summed E-state index contributed by atoms with van der Waals surface area (Å²) in [7, 11) is 0. The van der Waals surface area contributed by atoms with E-state index in [4.69, 9.17) is 16.3 Å². The van der Waals surface area contributed by atoms with Gasteiger partial charge in [0.2, 0.25) is 0 Å². The zero-order valence-electron chi connectivity index (χ0n) is 16.2. The summed E-state index contributed by atoms with van der Waals surface area (Å²) in [4.78, 5) is 36.1. The first-order chi connectivity index (χ1) is 13.2. The van der Waals surface area contributed by atoms with Crippen molar-refractivity contribution in [3.8, 4) is 0 Å². The minimum Gasteiger partial charge on any atom is -0.449 e. The lowest BCUT2D eigenvalue weighted by atomic mass is 10.2. The maximum Gasteiger partial charge on any atom is 0.343 e. The van der Waals surface area contributed by atoms with Crippen LogP contribution >= 0.6 is 11.6 Å². The van der Waals surface area contributed by atoms with E-state index in [1.165, 1.54) is 11.6 Å². The van der Waals surface area contributed by atoms with Crippen LogP contribution < -0.4 is 10.6 Å². The normalized spacial score (nSPS) is 11.8. The molecule has 2 rings (SSSR count). The molecule has 1 atom stereocenters. The number of halogens is 1. The van der Waals surface area contributed by atoms with E-state index in [2.05, 4.69) is 15.7 Å². The van der Waals surface area contributed by atoms with E-state index in [1.807, 2.05) is 30.3 Å². The van der Waals surface area contributed by atoms with Crippen LogP contribution in [0.5, 0.6) is 0 Å². The number of ether oxygens (including phenoxy) is 1. The zero-order valence-corrected chi connectivity index (χ0v) is 16.9. The SMILES string of the molecule is Cc1nn(Cc2ccccc2)c(Cl)c1C(=O)O[C@@H](C)C(=O)NC(=O)NC(C)C. The first-order valence-electron chi connectivity index (χ1n) is 8.78. The monoisotopic (exact) mass is 406 g/mol. The van der Waals surface area contributed by atoms with Crippen molar-refractivity contribution in [1.29, 1.82) is 0 Å². The second-order valence-electron chi connectivity index (χ2n) is 6.56. The molecule has 1 heterocycles. The molecular weight excluding hydrogens is 384 g/mol. The fourth-order valence-electron chi connectivity index (χ4n) is 2.43. The molecule has 0 saturated heterocycles. The molecule has 0 saturated carbocycles. The quantitative estimate of drug-likeness (QED) is 0.718. The van der Waals surface area contributed by atoms with Crippen LogP contribution in [0.3, 0.4) is 0 Å². The highest BCUT2D eigenvalue weighted by atomic mass is 35.5. The third-order valence-electron chi connectivity index (χ3n) is 3.75. The molecule has 1 aromatic carbocycles. The molecular formula is C19H23ClN4O4. The van der Waals surface area contributed by atoms with Gasteiger partial charge in [-0.15, -0.1) is 0 Å². The average molecular weight is 407 g/mol. The van der Waals surface area contributed by atoms with Gasteiger partial charge in [-0.1, -0.05) is 41.9 Å². The van der Waals surface area contributed by atoms with E-state index >= 15 is 0 Å². The molecule has 0 fully saturated rings. The van der Waals surface area contributed by atoms with Crippen LogP contribution in [0.1, 0.15) is 42.4 Å². The number of imide groups is 1. The van der Waals surface area contributed by atoms with Gasteiger partial charge in [-0.3, -0.25) is 10.1 Å². The molecule has 0 bridgehead atoms. The van der Waals surface area contributed by atoms with Crippen LogP contribution in [0.2, 0.25) is 5.15 Å². The van der Waals surface area contributed by atoms with Gasteiger partial charge in [-0.2, -0.15) is 5.10 Å². The fourth-order valence-corrected chi connectivity index (χ4v) is 2.74. The molecule has 2 N–H and O–H groups in total. The number of nitrogens with one attached hydrogen (secondary N) is 2. The maximum absolute atomic E-state index is 12.5. The first kappa shape index (κ1) is 21.4. The molecule has 0 aliphatic rings. The van der Waals surface area contributed by atoms with Crippen LogP contribution in [-0.2, 0) is 16.1 Å². The highest BCUT2D eigenvalue weighted by molar-refractivity contribution is 6.32. The molecule has 1 aromatic heterocycles. The lowest BCUT2D eigenvalue weighted by Crippen LogP contribution is -2.46. The van der Waals surface area contributed by atoms with E-state index < -0.39 is 24.0 Å². The van der Waals surface area contributed by atoms with Crippen molar-refractivity contribution < 1.29 is 19.1 Å². The Morgan fingerprint density at radius 3 is 2.43 bits per heavy atom. The van der Waals surface area contributed by atoms with Crippen LogP contribution in [0.15, 0.2) is 30.3 Å². The summed E-state index contributed by atoms with van der Waals surface area (Å²) < 4.78 is 6.65. The molecule has 28 heavy (non-hydrogen) atoms. The maximum atomic E-state index is 12.5. The Balaban J connectivity index is 2.05. The van der Waals surface area contributed by atoms with Gasteiger partial charge < -0.3 is 10.1 Å². The van der Waals surface area contributed by atoms with Gasteiger partial charge in [0, 0.05) is 6.04 Å². The highest BCUT2D eigenvalue weighted by Crippen LogP contribution is 2.22. The predicted octanol–water partition coefficient (Wildman–Crippen LogP) is 2.67. The lowest BCUT2D eigenvalue weighted by molar-refractivity contribution is -0.127. The number of aryl methyl sites for hydroxylation is 1. The zero-order chi connectivity index (χ0) is 20.8. The second kappa shape index (κ2) is 9.36. The molecule has 0 spiro atoms. The predicted molar refractivity (Wildman–Crippen MR) is 104 cm³/mol. The van der Waals surface area contributed by atoms with Crippen LogP contribution in [0.25, 0.3) is 0 Å². The third kappa shape index (κ3) is 5.56. The molecule has 0 unspecified atom stereocenters. The summed E-state index contributed by atoms with van der Waals surface area (Å²) in [6, 6.07) is 8.72. The number of carbonyl (C=O) groups excluding carboxylic acids is 3. The summed E-state index contributed by atoms with van der Waals surface area (Å²) in [6.07, 6.45) is -1.18. The van der Waals surface area contributed by atoms with Crippen LogP contribution in [0, 0.1) is 6.92 Å². The van der Waals surface area contributed by atoms with Crippen LogP contribution in [-0.4, -0.2) is 39.8 Å². The molecule has 0 aliphatic carbocycles. The average Bonchev–Trinajstić information content (AvgIpc) is 2.88. The number of amides is 3. The summed E-state index contributed by atoms with van der Waals surface area (Å²) >= 11 is 6.31. The number of benzene rings is 1. The van der Waals surface area contributed by atoms with Crippen molar-refractivity contribution in [2.45, 2.75) is 46.4 Å². The van der Waals surface area contributed by atoms with Gasteiger partial charge in [0.05, 0.1) is 12.2 Å². The van der Waals surface area contributed by atoms with E-state index in [0.29, 0.717) is 12.2 Å². The first-order valence-corrected chi connectivity index (χ1v) is 9.16. The Labute approximate surface area is 168 Å². The van der Waals surface area contributed by atoms with Gasteiger partial charge in [0.15, 0.2) is 6.10 Å². The minimum atomic E-state index is -1.18. The third-order valence-corrected chi connectivity index (χ3v) is 4.14. The fraction of sp³-hybridized carbons (Fsp3) is 0.368. The molecule has 8 nitrogen and oxygen atoms in total. The van der Waals surface area contributed by atoms with Crippen molar-refractivity contribution >= 4 is 29.5 Å². The molecule has 2 aromatic rings. The standard InChI is InChI=1S/C19H23ClN4O4/c1-11(2)21-19(27)22-17(25)13(4)28-18(26)15-12(3)23-24(16(15)20)10-14-8-6-5-7-9-14/h5-9,11,13H,10H2,1-4H3,(H2,21,22,25,27)/t13-/m0/s1. The van der Waals surface area contributed by atoms with E-state index in [-0.39, 0.29) is 16.8 Å². The van der Waals surface area contributed by atoms with Gasteiger partial charge in [-0.25, -0.2) is 14.3 Å². The van der Waals surface area contributed by atoms with Gasteiger partial charge in [0.1, 0.15) is 10.7 Å².